The van der Waals surface area contributed by atoms with Crippen molar-refractivity contribution in [1.82, 2.24) is 0 Å². The predicted molar refractivity (Wildman–Crippen MR) is 46.8 cm³/mol. The van der Waals surface area contributed by atoms with Crippen LogP contribution in [0.15, 0.2) is 11.1 Å². The average molecular weight is 168 g/mol. The molecule has 4 atom stereocenters. The van der Waals surface area contributed by atoms with Crippen LogP contribution >= 0.6 is 0 Å². The molecule has 68 valence electrons. The van der Waals surface area contributed by atoms with E-state index in [9.17, 15) is 0 Å². The number of aliphatic hydroxyl groups excluding tert-OH is 1. The number of rotatable bonds is 1. The molecule has 2 aliphatic rings. The van der Waals surface area contributed by atoms with E-state index >= 15 is 0 Å². The summed E-state index contributed by atoms with van der Waals surface area (Å²) in [5, 5.41) is 9.16. The van der Waals surface area contributed by atoms with Gasteiger partial charge in [0.2, 0.25) is 0 Å². The third-order valence-corrected chi connectivity index (χ3v) is 3.52. The largest absolute Gasteiger partial charge is 0.396 e. The molecule has 2 heteroatoms. The van der Waals surface area contributed by atoms with Crippen molar-refractivity contribution in [2.75, 3.05) is 6.61 Å². The SMILES string of the molecule is CC1=C(C)[C@H]2OC1C(CO)C2C. The molecule has 2 bridgehead atoms. The fraction of sp³-hybridized carbons (Fsp3) is 0.800. The molecule has 1 saturated heterocycles. The van der Waals surface area contributed by atoms with Gasteiger partial charge in [-0.25, -0.2) is 0 Å². The van der Waals surface area contributed by atoms with Crippen molar-refractivity contribution in [3.63, 3.8) is 0 Å². The fourth-order valence-electron chi connectivity index (χ4n) is 2.51. The maximum atomic E-state index is 9.16. The Labute approximate surface area is 73.2 Å². The third-order valence-electron chi connectivity index (χ3n) is 3.52. The summed E-state index contributed by atoms with van der Waals surface area (Å²) in [6, 6.07) is 0. The summed E-state index contributed by atoms with van der Waals surface area (Å²) in [4.78, 5) is 0. The summed E-state index contributed by atoms with van der Waals surface area (Å²) in [5.41, 5.74) is 2.73. The molecule has 2 heterocycles. The van der Waals surface area contributed by atoms with Crippen molar-refractivity contribution in [3.05, 3.63) is 11.1 Å². The van der Waals surface area contributed by atoms with Crippen LogP contribution in [-0.4, -0.2) is 23.9 Å². The molecule has 0 aliphatic carbocycles. The molecule has 2 nitrogen and oxygen atoms in total. The van der Waals surface area contributed by atoms with Crippen LogP contribution in [0.4, 0.5) is 0 Å². The van der Waals surface area contributed by atoms with Crippen LogP contribution in [-0.2, 0) is 4.74 Å². The summed E-state index contributed by atoms with van der Waals surface area (Å²) in [6.07, 6.45) is 0.488. The van der Waals surface area contributed by atoms with Crippen molar-refractivity contribution in [2.24, 2.45) is 11.8 Å². The van der Waals surface area contributed by atoms with Gasteiger partial charge in [-0.2, -0.15) is 0 Å². The van der Waals surface area contributed by atoms with E-state index in [-0.39, 0.29) is 18.8 Å². The molecule has 0 amide bonds. The Kier molecular flexibility index (Phi) is 1.77. The highest BCUT2D eigenvalue weighted by molar-refractivity contribution is 5.30. The quantitative estimate of drug-likeness (QED) is 0.599. The number of hydrogen-bond acceptors (Lipinski definition) is 2. The average Bonchev–Trinajstić information content (AvgIpc) is 2.51. The van der Waals surface area contributed by atoms with Crippen LogP contribution in [0.25, 0.3) is 0 Å². The molecule has 0 aromatic carbocycles. The van der Waals surface area contributed by atoms with Gasteiger partial charge in [-0.1, -0.05) is 6.92 Å². The van der Waals surface area contributed by atoms with Crippen LogP contribution in [0, 0.1) is 11.8 Å². The molecule has 0 aromatic rings. The van der Waals surface area contributed by atoms with Crippen LogP contribution < -0.4 is 0 Å². The van der Waals surface area contributed by atoms with E-state index in [0.29, 0.717) is 11.8 Å². The lowest BCUT2D eigenvalue weighted by molar-refractivity contribution is 0.0863. The van der Waals surface area contributed by atoms with Crippen molar-refractivity contribution in [1.29, 1.82) is 0 Å². The van der Waals surface area contributed by atoms with Gasteiger partial charge in [-0.15, -0.1) is 0 Å². The van der Waals surface area contributed by atoms with Crippen LogP contribution in [0.5, 0.6) is 0 Å². The molecule has 1 N–H and O–H groups in total. The highest BCUT2D eigenvalue weighted by Crippen LogP contribution is 2.45. The summed E-state index contributed by atoms with van der Waals surface area (Å²) in [5.74, 6) is 0.822. The molecule has 2 aliphatic heterocycles. The highest BCUT2D eigenvalue weighted by Gasteiger charge is 2.48. The van der Waals surface area contributed by atoms with Gasteiger partial charge in [0.1, 0.15) is 0 Å². The molecule has 1 fully saturated rings. The summed E-state index contributed by atoms with van der Waals surface area (Å²) >= 11 is 0. The maximum Gasteiger partial charge on any atom is 0.0847 e. The van der Waals surface area contributed by atoms with Gasteiger partial charge in [0.05, 0.1) is 12.2 Å². The molecule has 2 rings (SSSR count). The number of aliphatic hydroxyl groups is 1. The number of fused-ring (bicyclic) bond motifs is 2. The molecular weight excluding hydrogens is 152 g/mol. The Balaban J connectivity index is 2.30. The Morgan fingerprint density at radius 2 is 1.83 bits per heavy atom. The first-order chi connectivity index (χ1) is 5.66. The van der Waals surface area contributed by atoms with Gasteiger partial charge in [0.15, 0.2) is 0 Å². The smallest absolute Gasteiger partial charge is 0.0847 e. The minimum atomic E-state index is 0.204. The van der Waals surface area contributed by atoms with Gasteiger partial charge in [0.25, 0.3) is 0 Å². The predicted octanol–water partition coefficient (Wildman–Crippen LogP) is 1.35. The van der Waals surface area contributed by atoms with E-state index in [2.05, 4.69) is 20.8 Å². The monoisotopic (exact) mass is 168 g/mol. The Hall–Kier alpha value is -0.340. The van der Waals surface area contributed by atoms with Crippen molar-refractivity contribution in [2.45, 2.75) is 33.0 Å². The molecule has 3 unspecified atom stereocenters. The lowest BCUT2D eigenvalue weighted by Crippen LogP contribution is -2.28. The van der Waals surface area contributed by atoms with Crippen molar-refractivity contribution < 1.29 is 9.84 Å². The summed E-state index contributed by atoms with van der Waals surface area (Å²) in [6.45, 7) is 6.69. The van der Waals surface area contributed by atoms with E-state index < -0.39 is 0 Å². The standard InChI is InChI=1S/C10H16O2/c1-5-6(2)10-8(4-11)7(3)9(5)12-10/h7-11H,4H2,1-3H3/t7?,8?,9-,10?/m1/s1. The first-order valence-electron chi connectivity index (χ1n) is 4.60. The first-order valence-corrected chi connectivity index (χ1v) is 4.60. The zero-order valence-corrected chi connectivity index (χ0v) is 7.87. The topological polar surface area (TPSA) is 29.5 Å². The second-order valence-corrected chi connectivity index (χ2v) is 4.05. The van der Waals surface area contributed by atoms with Crippen molar-refractivity contribution in [3.8, 4) is 0 Å². The lowest BCUT2D eigenvalue weighted by atomic mass is 9.78. The van der Waals surface area contributed by atoms with Crippen molar-refractivity contribution >= 4 is 0 Å². The van der Waals surface area contributed by atoms with E-state index in [4.69, 9.17) is 9.84 Å². The Morgan fingerprint density at radius 1 is 1.25 bits per heavy atom. The van der Waals surface area contributed by atoms with Gasteiger partial charge in [0, 0.05) is 12.5 Å². The van der Waals surface area contributed by atoms with Gasteiger partial charge < -0.3 is 9.84 Å². The molecular formula is C10H16O2. The zero-order chi connectivity index (χ0) is 8.88. The molecule has 0 spiro atoms. The van der Waals surface area contributed by atoms with Gasteiger partial charge >= 0.3 is 0 Å². The molecule has 0 aromatic heterocycles. The van der Waals surface area contributed by atoms with Gasteiger partial charge in [-0.3, -0.25) is 0 Å². The minimum Gasteiger partial charge on any atom is -0.396 e. The molecule has 0 saturated carbocycles. The van der Waals surface area contributed by atoms with Crippen LogP contribution in [0.1, 0.15) is 20.8 Å². The summed E-state index contributed by atoms with van der Waals surface area (Å²) < 4.78 is 5.78. The number of ether oxygens (including phenoxy) is 1. The lowest BCUT2D eigenvalue weighted by Gasteiger charge is -2.24. The first kappa shape index (κ1) is 8.27. The Morgan fingerprint density at radius 3 is 2.33 bits per heavy atom. The fourth-order valence-corrected chi connectivity index (χ4v) is 2.51. The minimum absolute atomic E-state index is 0.204. The third kappa shape index (κ3) is 0.824. The zero-order valence-electron chi connectivity index (χ0n) is 7.87. The second-order valence-electron chi connectivity index (χ2n) is 4.05. The highest BCUT2D eigenvalue weighted by atomic mass is 16.5. The van der Waals surface area contributed by atoms with Crippen LogP contribution in [0.2, 0.25) is 0 Å². The van der Waals surface area contributed by atoms with E-state index in [0.717, 1.165) is 0 Å². The van der Waals surface area contributed by atoms with E-state index in [1.54, 1.807) is 0 Å². The van der Waals surface area contributed by atoms with Crippen LogP contribution in [0.3, 0.4) is 0 Å². The van der Waals surface area contributed by atoms with E-state index in [1.807, 2.05) is 0 Å². The van der Waals surface area contributed by atoms with Gasteiger partial charge in [-0.05, 0) is 30.9 Å². The van der Waals surface area contributed by atoms with E-state index in [1.165, 1.54) is 11.1 Å². The molecule has 0 radical (unpaired) electrons. The summed E-state index contributed by atoms with van der Waals surface area (Å²) in [7, 11) is 0. The maximum absolute atomic E-state index is 9.16. The number of hydrogen-bond donors (Lipinski definition) is 1. The Bertz CT molecular complexity index is 232. The molecule has 12 heavy (non-hydrogen) atoms. The normalized spacial score (nSPS) is 46.0. The second kappa shape index (κ2) is 2.57.